The minimum absolute atomic E-state index is 0.117. The lowest BCUT2D eigenvalue weighted by Gasteiger charge is -2.22. The molecular formula is C26H20BrF2N3O3. The van der Waals surface area contributed by atoms with Crippen LogP contribution in [0.1, 0.15) is 41.8 Å². The van der Waals surface area contributed by atoms with Crippen LogP contribution in [0.4, 0.5) is 13.6 Å². The molecular weight excluding hydrogens is 520 g/mol. The number of hydrogen-bond acceptors (Lipinski definition) is 3. The highest BCUT2D eigenvalue weighted by molar-refractivity contribution is 9.10. The molecule has 0 spiro atoms. The lowest BCUT2D eigenvalue weighted by molar-refractivity contribution is 0.189. The maximum Gasteiger partial charge on any atom is 0.405 e. The van der Waals surface area contributed by atoms with Crippen LogP contribution in [0.2, 0.25) is 0 Å². The van der Waals surface area contributed by atoms with Crippen molar-refractivity contribution in [3.05, 3.63) is 104 Å². The third-order valence-corrected chi connectivity index (χ3v) is 6.52. The van der Waals surface area contributed by atoms with E-state index in [9.17, 15) is 23.5 Å². The quantitative estimate of drug-likeness (QED) is 0.321. The summed E-state index contributed by atoms with van der Waals surface area (Å²) in [5, 5.41) is 12.3. The molecule has 9 heteroatoms. The highest BCUT2D eigenvalue weighted by atomic mass is 79.9. The summed E-state index contributed by atoms with van der Waals surface area (Å²) in [4.78, 5) is 30.0. The standard InChI is InChI=1S/C26H20BrF2N3O3/c27-17-5-8-21-22(12-17)30-24(23(31-26(34)35)11-14-9-18(28)13-19(29)10-14)32(25(21)33)20-6-3-16(4-7-20)15-1-2-15/h3-10,12-13,15,23,31H,1-2,11H2,(H,34,35). The Balaban J connectivity index is 1.70. The van der Waals surface area contributed by atoms with Crippen LogP contribution in [-0.4, -0.2) is 20.8 Å². The Morgan fingerprint density at radius 1 is 1.09 bits per heavy atom. The monoisotopic (exact) mass is 539 g/mol. The molecule has 35 heavy (non-hydrogen) atoms. The SMILES string of the molecule is O=C(O)NC(Cc1cc(F)cc(F)c1)c1nc2cc(Br)ccc2c(=O)n1-c1ccc(C2CC2)cc1. The van der Waals surface area contributed by atoms with E-state index in [-0.39, 0.29) is 23.4 Å². The van der Waals surface area contributed by atoms with Gasteiger partial charge in [-0.2, -0.15) is 0 Å². The minimum Gasteiger partial charge on any atom is -0.465 e. The number of halogens is 3. The fraction of sp³-hybridized carbons (Fsp3) is 0.192. The van der Waals surface area contributed by atoms with E-state index in [1.807, 2.05) is 24.3 Å². The molecule has 1 unspecified atom stereocenters. The van der Waals surface area contributed by atoms with Crippen LogP contribution in [0, 0.1) is 11.6 Å². The number of carboxylic acid groups (broad SMARTS) is 1. The normalized spacial score (nSPS) is 14.1. The van der Waals surface area contributed by atoms with E-state index in [1.165, 1.54) is 10.1 Å². The topological polar surface area (TPSA) is 84.2 Å². The van der Waals surface area contributed by atoms with Gasteiger partial charge in [0.05, 0.1) is 22.6 Å². The number of fused-ring (bicyclic) bond motifs is 1. The van der Waals surface area contributed by atoms with Crippen LogP contribution >= 0.6 is 15.9 Å². The number of rotatable bonds is 6. The first kappa shape index (κ1) is 23.2. The van der Waals surface area contributed by atoms with Crippen molar-refractivity contribution >= 4 is 32.9 Å². The molecule has 2 N–H and O–H groups in total. The van der Waals surface area contributed by atoms with Gasteiger partial charge < -0.3 is 10.4 Å². The van der Waals surface area contributed by atoms with Gasteiger partial charge in [-0.05, 0) is 72.4 Å². The molecule has 4 aromatic rings. The lowest BCUT2D eigenvalue weighted by Crippen LogP contribution is -2.35. The second kappa shape index (κ2) is 9.22. The number of aromatic nitrogens is 2. The largest absolute Gasteiger partial charge is 0.465 e. The third kappa shape index (κ3) is 4.95. The molecule has 1 aliphatic rings. The minimum atomic E-state index is -1.36. The molecule has 1 atom stereocenters. The number of nitrogens with zero attached hydrogens (tertiary/aromatic N) is 2. The molecule has 3 aromatic carbocycles. The fourth-order valence-electron chi connectivity index (χ4n) is 4.29. The second-order valence-electron chi connectivity index (χ2n) is 8.62. The first-order valence-electron chi connectivity index (χ1n) is 11.1. The fourth-order valence-corrected chi connectivity index (χ4v) is 4.64. The second-order valence-corrected chi connectivity index (χ2v) is 9.54. The molecule has 1 amide bonds. The maximum atomic E-state index is 13.9. The average Bonchev–Trinajstić information content (AvgIpc) is 3.63. The Hall–Kier alpha value is -3.59. The van der Waals surface area contributed by atoms with E-state index in [0.717, 1.165) is 31.0 Å². The summed E-state index contributed by atoms with van der Waals surface area (Å²) in [7, 11) is 0. The predicted molar refractivity (Wildman–Crippen MR) is 131 cm³/mol. The summed E-state index contributed by atoms with van der Waals surface area (Å²) < 4.78 is 29.8. The zero-order chi connectivity index (χ0) is 24.7. The van der Waals surface area contributed by atoms with Crippen LogP contribution in [0.5, 0.6) is 0 Å². The zero-order valence-electron chi connectivity index (χ0n) is 18.3. The number of carbonyl (C=O) groups is 1. The van der Waals surface area contributed by atoms with E-state index in [2.05, 4.69) is 26.2 Å². The number of benzene rings is 3. The Kier molecular flexibility index (Phi) is 6.10. The van der Waals surface area contributed by atoms with Gasteiger partial charge in [-0.3, -0.25) is 9.36 Å². The van der Waals surface area contributed by atoms with Crippen LogP contribution in [0.3, 0.4) is 0 Å². The summed E-state index contributed by atoms with van der Waals surface area (Å²) in [6.07, 6.45) is 0.788. The Morgan fingerprint density at radius 2 is 1.77 bits per heavy atom. The van der Waals surface area contributed by atoms with Gasteiger partial charge in [0.2, 0.25) is 0 Å². The molecule has 1 aliphatic carbocycles. The summed E-state index contributed by atoms with van der Waals surface area (Å²) in [6.45, 7) is 0. The van der Waals surface area contributed by atoms with Gasteiger partial charge in [0.15, 0.2) is 0 Å². The summed E-state index contributed by atoms with van der Waals surface area (Å²) in [5.41, 5.74) is 1.92. The smallest absolute Gasteiger partial charge is 0.405 e. The van der Waals surface area contributed by atoms with Crippen LogP contribution in [0.15, 0.2) is 69.9 Å². The van der Waals surface area contributed by atoms with Gasteiger partial charge >= 0.3 is 6.09 Å². The van der Waals surface area contributed by atoms with Crippen molar-refractivity contribution < 1.29 is 18.7 Å². The highest BCUT2D eigenvalue weighted by Gasteiger charge is 2.26. The number of amides is 1. The van der Waals surface area contributed by atoms with Crippen LogP contribution in [0.25, 0.3) is 16.6 Å². The first-order chi connectivity index (χ1) is 16.8. The molecule has 1 fully saturated rings. The van der Waals surface area contributed by atoms with Gasteiger partial charge in [-0.15, -0.1) is 0 Å². The van der Waals surface area contributed by atoms with Gasteiger partial charge in [0.1, 0.15) is 17.5 Å². The van der Waals surface area contributed by atoms with Crippen LogP contribution < -0.4 is 10.9 Å². The number of nitrogens with one attached hydrogen (secondary N) is 1. The summed E-state index contributed by atoms with van der Waals surface area (Å²) in [6, 6.07) is 14.5. The summed E-state index contributed by atoms with van der Waals surface area (Å²) in [5.74, 6) is -0.918. The zero-order valence-corrected chi connectivity index (χ0v) is 19.9. The third-order valence-electron chi connectivity index (χ3n) is 6.03. The van der Waals surface area contributed by atoms with Crippen molar-refractivity contribution in [1.29, 1.82) is 0 Å². The predicted octanol–water partition coefficient (Wildman–Crippen LogP) is 5.86. The van der Waals surface area contributed by atoms with E-state index < -0.39 is 23.8 Å². The molecule has 0 bridgehead atoms. The molecule has 6 nitrogen and oxygen atoms in total. The van der Waals surface area contributed by atoms with Gasteiger partial charge in [0.25, 0.3) is 5.56 Å². The molecule has 0 saturated heterocycles. The van der Waals surface area contributed by atoms with Crippen LogP contribution in [-0.2, 0) is 6.42 Å². The molecule has 1 saturated carbocycles. The van der Waals surface area contributed by atoms with E-state index in [0.29, 0.717) is 27.0 Å². The Labute approximate surface area is 207 Å². The Morgan fingerprint density at radius 3 is 2.40 bits per heavy atom. The molecule has 178 valence electrons. The van der Waals surface area contributed by atoms with Crippen molar-refractivity contribution in [1.82, 2.24) is 14.9 Å². The van der Waals surface area contributed by atoms with Crippen molar-refractivity contribution in [2.45, 2.75) is 31.2 Å². The molecule has 0 radical (unpaired) electrons. The van der Waals surface area contributed by atoms with E-state index in [4.69, 9.17) is 0 Å². The van der Waals surface area contributed by atoms with Gasteiger partial charge in [0, 0.05) is 17.0 Å². The Bertz CT molecular complexity index is 1480. The van der Waals surface area contributed by atoms with Crippen molar-refractivity contribution in [2.24, 2.45) is 0 Å². The molecule has 1 heterocycles. The molecule has 0 aliphatic heterocycles. The lowest BCUT2D eigenvalue weighted by atomic mass is 10.0. The van der Waals surface area contributed by atoms with Crippen molar-refractivity contribution in [3.8, 4) is 5.69 Å². The van der Waals surface area contributed by atoms with Crippen molar-refractivity contribution in [3.63, 3.8) is 0 Å². The van der Waals surface area contributed by atoms with Crippen molar-refractivity contribution in [2.75, 3.05) is 0 Å². The maximum absolute atomic E-state index is 13.9. The summed E-state index contributed by atoms with van der Waals surface area (Å²) >= 11 is 3.38. The molecule has 5 rings (SSSR count). The van der Waals surface area contributed by atoms with E-state index >= 15 is 0 Å². The highest BCUT2D eigenvalue weighted by Crippen LogP contribution is 2.40. The first-order valence-corrected chi connectivity index (χ1v) is 11.8. The molecule has 1 aromatic heterocycles. The van der Waals surface area contributed by atoms with Gasteiger partial charge in [-0.25, -0.2) is 18.6 Å². The van der Waals surface area contributed by atoms with E-state index in [1.54, 1.807) is 18.2 Å². The van der Waals surface area contributed by atoms with Gasteiger partial charge in [-0.1, -0.05) is 28.1 Å². The average molecular weight is 540 g/mol. The number of hydrogen-bond donors (Lipinski definition) is 2.